The topological polar surface area (TPSA) is 48.1 Å². The zero-order valence-corrected chi connectivity index (χ0v) is 10.9. The summed E-state index contributed by atoms with van der Waals surface area (Å²) >= 11 is 2.24. The number of rotatable bonds is 2. The van der Waals surface area contributed by atoms with E-state index in [0.717, 1.165) is 14.9 Å². The molecule has 4 heteroatoms. The van der Waals surface area contributed by atoms with Crippen molar-refractivity contribution in [1.29, 1.82) is 0 Å². The molecule has 0 radical (unpaired) electrons. The number of hydrogen-bond acceptors (Lipinski definition) is 3. The first-order chi connectivity index (χ1) is 7.65. The highest BCUT2D eigenvalue weighted by Crippen LogP contribution is 2.24. The van der Waals surface area contributed by atoms with Crippen molar-refractivity contribution in [2.24, 2.45) is 0 Å². The molecule has 0 aliphatic heterocycles. The van der Waals surface area contributed by atoms with Crippen LogP contribution in [0.3, 0.4) is 0 Å². The van der Waals surface area contributed by atoms with Crippen molar-refractivity contribution in [1.82, 2.24) is 4.98 Å². The predicted molar refractivity (Wildman–Crippen MR) is 72.6 cm³/mol. The second-order valence-electron chi connectivity index (χ2n) is 3.45. The first-order valence-corrected chi connectivity index (χ1v) is 5.88. The number of aryl methyl sites for hydroxylation is 1. The molecular formula is C12H11IN2O. The van der Waals surface area contributed by atoms with E-state index >= 15 is 0 Å². The number of nitrogens with zero attached hydrogens (tertiary/aromatic N) is 1. The van der Waals surface area contributed by atoms with E-state index in [4.69, 9.17) is 10.5 Å². The van der Waals surface area contributed by atoms with Gasteiger partial charge in [0.25, 0.3) is 0 Å². The van der Waals surface area contributed by atoms with Crippen LogP contribution in [-0.2, 0) is 0 Å². The highest BCUT2D eigenvalue weighted by Gasteiger charge is 2.03. The molecule has 16 heavy (non-hydrogen) atoms. The van der Waals surface area contributed by atoms with Crippen LogP contribution in [0.4, 0.5) is 5.69 Å². The fourth-order valence-electron chi connectivity index (χ4n) is 1.33. The minimum Gasteiger partial charge on any atom is -0.439 e. The number of aromatic nitrogens is 1. The number of ether oxygens (including phenoxy) is 1. The fraction of sp³-hybridized carbons (Fsp3) is 0.0833. The fourth-order valence-corrected chi connectivity index (χ4v) is 1.85. The highest BCUT2D eigenvalue weighted by molar-refractivity contribution is 14.1. The highest BCUT2D eigenvalue weighted by atomic mass is 127. The third-order valence-electron chi connectivity index (χ3n) is 2.06. The Hall–Kier alpha value is -1.30. The summed E-state index contributed by atoms with van der Waals surface area (Å²) in [5.74, 6) is 1.38. The van der Waals surface area contributed by atoms with E-state index in [1.165, 1.54) is 0 Å². The molecule has 1 aromatic carbocycles. The zero-order valence-electron chi connectivity index (χ0n) is 8.77. The maximum atomic E-state index is 5.67. The van der Waals surface area contributed by atoms with Crippen LogP contribution in [0.1, 0.15) is 5.56 Å². The number of anilines is 1. The molecule has 0 saturated heterocycles. The second kappa shape index (κ2) is 4.69. The molecule has 0 amide bonds. The average molecular weight is 326 g/mol. The van der Waals surface area contributed by atoms with Gasteiger partial charge in [-0.15, -0.1) is 0 Å². The Kier molecular flexibility index (Phi) is 3.28. The van der Waals surface area contributed by atoms with Crippen LogP contribution in [-0.4, -0.2) is 4.98 Å². The number of nitrogen functional groups attached to an aromatic ring is 1. The average Bonchev–Trinajstić information content (AvgIpc) is 2.22. The van der Waals surface area contributed by atoms with E-state index in [0.29, 0.717) is 11.6 Å². The molecule has 0 fully saturated rings. The summed E-state index contributed by atoms with van der Waals surface area (Å²) in [5.41, 5.74) is 7.20. The Morgan fingerprint density at radius 1 is 1.31 bits per heavy atom. The molecule has 82 valence electrons. The molecule has 0 aliphatic rings. The van der Waals surface area contributed by atoms with E-state index in [1.54, 1.807) is 6.20 Å². The van der Waals surface area contributed by atoms with Gasteiger partial charge in [0.2, 0.25) is 5.88 Å². The van der Waals surface area contributed by atoms with Gasteiger partial charge in [0.1, 0.15) is 5.75 Å². The third-order valence-corrected chi connectivity index (χ3v) is 2.73. The van der Waals surface area contributed by atoms with Gasteiger partial charge in [0.05, 0.1) is 11.9 Å². The van der Waals surface area contributed by atoms with Crippen LogP contribution in [0.5, 0.6) is 11.6 Å². The van der Waals surface area contributed by atoms with Gasteiger partial charge < -0.3 is 10.5 Å². The first kappa shape index (κ1) is 11.2. The second-order valence-corrected chi connectivity index (χ2v) is 4.70. The predicted octanol–water partition coefficient (Wildman–Crippen LogP) is 3.37. The molecular weight excluding hydrogens is 315 g/mol. The lowest BCUT2D eigenvalue weighted by Gasteiger charge is -2.07. The lowest BCUT2D eigenvalue weighted by molar-refractivity contribution is 0.459. The van der Waals surface area contributed by atoms with Crippen molar-refractivity contribution < 1.29 is 4.74 Å². The summed E-state index contributed by atoms with van der Waals surface area (Å²) in [4.78, 5) is 4.15. The minimum atomic E-state index is 0.594. The lowest BCUT2D eigenvalue weighted by Crippen LogP contribution is -1.94. The maximum absolute atomic E-state index is 5.67. The van der Waals surface area contributed by atoms with Crippen molar-refractivity contribution in [3.8, 4) is 11.6 Å². The van der Waals surface area contributed by atoms with Crippen LogP contribution < -0.4 is 10.5 Å². The van der Waals surface area contributed by atoms with Gasteiger partial charge in [-0.1, -0.05) is 6.07 Å². The molecule has 0 spiro atoms. The van der Waals surface area contributed by atoms with Crippen molar-refractivity contribution in [3.63, 3.8) is 0 Å². The number of halogens is 1. The van der Waals surface area contributed by atoms with Crippen molar-refractivity contribution in [2.45, 2.75) is 6.92 Å². The number of hydrogen-bond donors (Lipinski definition) is 1. The summed E-state index contributed by atoms with van der Waals surface area (Å²) in [6.45, 7) is 1.92. The SMILES string of the molecule is Cc1cc(N)cnc1Oc1cccc(I)c1. The van der Waals surface area contributed by atoms with Crippen LogP contribution in [0, 0.1) is 10.5 Å². The standard InChI is InChI=1S/C12H11IN2O/c1-8-5-10(14)7-15-12(8)16-11-4-2-3-9(13)6-11/h2-7H,14H2,1H3. The molecule has 1 aromatic heterocycles. The Balaban J connectivity index is 2.27. The number of pyridine rings is 1. The molecule has 0 aliphatic carbocycles. The van der Waals surface area contributed by atoms with Crippen molar-refractivity contribution >= 4 is 28.3 Å². The van der Waals surface area contributed by atoms with Crippen LogP contribution in [0.15, 0.2) is 36.5 Å². The quantitative estimate of drug-likeness (QED) is 0.861. The molecule has 1 heterocycles. The molecule has 0 saturated carbocycles. The molecule has 2 aromatic rings. The van der Waals surface area contributed by atoms with E-state index < -0.39 is 0 Å². The minimum absolute atomic E-state index is 0.594. The Morgan fingerprint density at radius 3 is 2.81 bits per heavy atom. The summed E-state index contributed by atoms with van der Waals surface area (Å²) in [7, 11) is 0. The summed E-state index contributed by atoms with van der Waals surface area (Å²) in [6.07, 6.45) is 1.59. The molecule has 2 rings (SSSR count). The van der Waals surface area contributed by atoms with Crippen molar-refractivity contribution in [3.05, 3.63) is 45.7 Å². The number of nitrogens with two attached hydrogens (primary N) is 1. The molecule has 2 N–H and O–H groups in total. The normalized spacial score (nSPS) is 10.1. The smallest absolute Gasteiger partial charge is 0.222 e. The van der Waals surface area contributed by atoms with Gasteiger partial charge in [-0.2, -0.15) is 0 Å². The van der Waals surface area contributed by atoms with Gasteiger partial charge in [-0.05, 0) is 53.8 Å². The number of benzene rings is 1. The lowest BCUT2D eigenvalue weighted by atomic mass is 10.3. The van der Waals surface area contributed by atoms with Crippen LogP contribution >= 0.6 is 22.6 Å². The molecule has 3 nitrogen and oxygen atoms in total. The monoisotopic (exact) mass is 326 g/mol. The molecule has 0 atom stereocenters. The summed E-state index contributed by atoms with van der Waals surface area (Å²) in [6, 6.07) is 9.66. The van der Waals surface area contributed by atoms with Crippen molar-refractivity contribution in [2.75, 3.05) is 5.73 Å². The van der Waals surface area contributed by atoms with E-state index in [1.807, 2.05) is 37.3 Å². The van der Waals surface area contributed by atoms with E-state index in [2.05, 4.69) is 27.6 Å². The summed E-state index contributed by atoms with van der Waals surface area (Å²) < 4.78 is 6.80. The van der Waals surface area contributed by atoms with Crippen LogP contribution in [0.2, 0.25) is 0 Å². The molecule has 0 unspecified atom stereocenters. The first-order valence-electron chi connectivity index (χ1n) is 4.81. The van der Waals surface area contributed by atoms with Gasteiger partial charge in [-0.25, -0.2) is 4.98 Å². The maximum Gasteiger partial charge on any atom is 0.222 e. The largest absolute Gasteiger partial charge is 0.439 e. The van der Waals surface area contributed by atoms with Gasteiger partial charge in [0.15, 0.2) is 0 Å². The third kappa shape index (κ3) is 2.63. The van der Waals surface area contributed by atoms with Gasteiger partial charge >= 0.3 is 0 Å². The van der Waals surface area contributed by atoms with Gasteiger partial charge in [0, 0.05) is 9.13 Å². The van der Waals surface area contributed by atoms with E-state index in [9.17, 15) is 0 Å². The molecule has 0 bridgehead atoms. The van der Waals surface area contributed by atoms with Gasteiger partial charge in [-0.3, -0.25) is 0 Å². The van der Waals surface area contributed by atoms with E-state index in [-0.39, 0.29) is 0 Å². The zero-order chi connectivity index (χ0) is 11.5. The Labute approximate surface area is 108 Å². The Morgan fingerprint density at radius 2 is 2.12 bits per heavy atom. The van der Waals surface area contributed by atoms with Crippen LogP contribution in [0.25, 0.3) is 0 Å². The Bertz CT molecular complexity index is 514. The summed E-state index contributed by atoms with van der Waals surface area (Å²) in [5, 5.41) is 0.